The number of rotatable bonds is 7. The second-order valence-corrected chi connectivity index (χ2v) is 10.1. The van der Waals surface area contributed by atoms with E-state index >= 15 is 0 Å². The summed E-state index contributed by atoms with van der Waals surface area (Å²) in [5, 5.41) is 9.23. The van der Waals surface area contributed by atoms with Gasteiger partial charge in [0.05, 0.1) is 25.1 Å². The molecule has 178 valence electrons. The van der Waals surface area contributed by atoms with Crippen LogP contribution < -0.4 is 11.0 Å². The lowest BCUT2D eigenvalue weighted by atomic mass is 9.97. The van der Waals surface area contributed by atoms with E-state index in [9.17, 15) is 4.79 Å². The highest BCUT2D eigenvalue weighted by Crippen LogP contribution is 2.38. The molecule has 34 heavy (non-hydrogen) atoms. The van der Waals surface area contributed by atoms with Crippen LogP contribution in [0.3, 0.4) is 0 Å². The molecule has 1 aliphatic heterocycles. The largest absolute Gasteiger partial charge is 0.379 e. The SMILES string of the molecule is O=c1n(CCCNc2nc(CN3CCOCC3)nc3sc4c(c23)CCCC4)nc2ccccn12. The molecule has 0 radical (unpaired) electrons. The fraction of sp³-hybridized carbons (Fsp3) is 0.500. The van der Waals surface area contributed by atoms with Crippen molar-refractivity contribution in [2.24, 2.45) is 0 Å². The predicted octanol–water partition coefficient (Wildman–Crippen LogP) is 2.71. The number of anilines is 1. The molecule has 9 nitrogen and oxygen atoms in total. The maximum absolute atomic E-state index is 12.5. The zero-order chi connectivity index (χ0) is 22.9. The van der Waals surface area contributed by atoms with Gasteiger partial charge >= 0.3 is 5.69 Å². The number of fused-ring (bicyclic) bond motifs is 4. The van der Waals surface area contributed by atoms with Crippen molar-refractivity contribution >= 4 is 33.0 Å². The second-order valence-electron chi connectivity index (χ2n) is 8.98. The Labute approximate surface area is 201 Å². The molecular formula is C24H29N7O2S. The Morgan fingerprint density at radius 3 is 2.88 bits per heavy atom. The average molecular weight is 480 g/mol. The standard InChI is InChI=1S/C24H29N7O2S/c32-24-30-10-4-3-8-20(30)28-31(24)11-5-9-25-22-21-17-6-1-2-7-18(17)34-23(21)27-19(26-22)16-29-12-14-33-15-13-29/h3-4,8,10H,1-2,5-7,9,11-16H2,(H,25,26,27). The van der Waals surface area contributed by atoms with Gasteiger partial charge in [0.1, 0.15) is 16.5 Å². The molecule has 5 heterocycles. The van der Waals surface area contributed by atoms with Crippen molar-refractivity contribution in [2.75, 3.05) is 38.2 Å². The smallest absolute Gasteiger partial charge is 0.350 e. The summed E-state index contributed by atoms with van der Waals surface area (Å²) in [7, 11) is 0. The maximum atomic E-state index is 12.5. The molecule has 1 fully saturated rings. The van der Waals surface area contributed by atoms with Crippen molar-refractivity contribution in [1.82, 2.24) is 29.0 Å². The van der Waals surface area contributed by atoms with E-state index in [1.807, 2.05) is 29.5 Å². The van der Waals surface area contributed by atoms with Crippen LogP contribution in [0.1, 0.15) is 35.5 Å². The van der Waals surface area contributed by atoms with Gasteiger partial charge in [-0.3, -0.25) is 9.30 Å². The fourth-order valence-corrected chi connectivity index (χ4v) is 6.19. The summed E-state index contributed by atoms with van der Waals surface area (Å²) in [4.78, 5) is 27.4. The van der Waals surface area contributed by atoms with Gasteiger partial charge in [0, 0.05) is 37.3 Å². The van der Waals surface area contributed by atoms with Gasteiger partial charge in [0.25, 0.3) is 0 Å². The first-order valence-corrected chi connectivity index (χ1v) is 13.0. The van der Waals surface area contributed by atoms with Crippen molar-refractivity contribution in [1.29, 1.82) is 0 Å². The molecule has 6 rings (SSSR count). The quantitative estimate of drug-likeness (QED) is 0.408. The molecular weight excluding hydrogens is 450 g/mol. The zero-order valence-corrected chi connectivity index (χ0v) is 20.0. The Morgan fingerprint density at radius 1 is 1.12 bits per heavy atom. The van der Waals surface area contributed by atoms with E-state index in [-0.39, 0.29) is 5.69 Å². The Hall–Kier alpha value is -2.82. The van der Waals surface area contributed by atoms with Gasteiger partial charge in [-0.15, -0.1) is 16.4 Å². The van der Waals surface area contributed by atoms with E-state index in [1.165, 1.54) is 28.7 Å². The lowest BCUT2D eigenvalue weighted by molar-refractivity contribution is 0.0331. The van der Waals surface area contributed by atoms with E-state index in [4.69, 9.17) is 14.7 Å². The van der Waals surface area contributed by atoms with Gasteiger partial charge in [-0.25, -0.2) is 19.4 Å². The summed E-state index contributed by atoms with van der Waals surface area (Å²) in [5.74, 6) is 1.81. The summed E-state index contributed by atoms with van der Waals surface area (Å²) in [6.07, 6.45) is 7.26. The molecule has 4 aromatic heterocycles. The topological polar surface area (TPSA) is 89.6 Å². The number of morpholine rings is 1. The summed E-state index contributed by atoms with van der Waals surface area (Å²) in [6, 6.07) is 5.59. The first-order valence-electron chi connectivity index (χ1n) is 12.2. The normalized spacial score (nSPS) is 16.8. The Morgan fingerprint density at radius 2 is 2.00 bits per heavy atom. The first-order chi connectivity index (χ1) is 16.8. The number of pyridine rings is 1. The van der Waals surface area contributed by atoms with Crippen molar-refractivity contribution < 1.29 is 4.74 Å². The molecule has 0 unspecified atom stereocenters. The minimum atomic E-state index is -0.0975. The monoisotopic (exact) mass is 479 g/mol. The Bertz CT molecular complexity index is 1370. The molecule has 1 N–H and O–H groups in total. The molecule has 0 amide bonds. The van der Waals surface area contributed by atoms with Gasteiger partial charge in [0.15, 0.2) is 5.65 Å². The highest BCUT2D eigenvalue weighted by atomic mass is 32.1. The van der Waals surface area contributed by atoms with Crippen LogP contribution >= 0.6 is 11.3 Å². The van der Waals surface area contributed by atoms with Crippen molar-refractivity contribution in [3.63, 3.8) is 0 Å². The van der Waals surface area contributed by atoms with Crippen LogP contribution in [0.2, 0.25) is 0 Å². The molecule has 0 bridgehead atoms. The predicted molar refractivity (Wildman–Crippen MR) is 133 cm³/mol. The molecule has 0 aromatic carbocycles. The molecule has 0 atom stereocenters. The summed E-state index contributed by atoms with van der Waals surface area (Å²) in [5.41, 5.74) is 2.01. The summed E-state index contributed by atoms with van der Waals surface area (Å²) < 4.78 is 8.62. The van der Waals surface area contributed by atoms with Gasteiger partial charge in [-0.2, -0.15) is 0 Å². The number of hydrogen-bond donors (Lipinski definition) is 1. The van der Waals surface area contributed by atoms with Gasteiger partial charge in [-0.1, -0.05) is 6.07 Å². The third kappa shape index (κ3) is 4.21. The van der Waals surface area contributed by atoms with Crippen LogP contribution in [0.4, 0.5) is 5.82 Å². The number of hydrogen-bond acceptors (Lipinski definition) is 8. The van der Waals surface area contributed by atoms with Crippen LogP contribution in [0.15, 0.2) is 29.2 Å². The molecule has 0 saturated carbocycles. The lowest BCUT2D eigenvalue weighted by Crippen LogP contribution is -2.36. The van der Waals surface area contributed by atoms with Crippen molar-refractivity contribution in [2.45, 2.75) is 45.2 Å². The number of aryl methyl sites for hydroxylation is 3. The molecule has 10 heteroatoms. The maximum Gasteiger partial charge on any atom is 0.350 e. The Kier molecular flexibility index (Phi) is 6.02. The number of nitrogens with one attached hydrogen (secondary N) is 1. The van der Waals surface area contributed by atoms with Crippen LogP contribution in [0.5, 0.6) is 0 Å². The van der Waals surface area contributed by atoms with Gasteiger partial charge in [-0.05, 0) is 49.8 Å². The van der Waals surface area contributed by atoms with E-state index in [1.54, 1.807) is 15.3 Å². The van der Waals surface area contributed by atoms with Crippen molar-refractivity contribution in [3.05, 3.63) is 51.1 Å². The molecule has 1 aliphatic carbocycles. The van der Waals surface area contributed by atoms with Crippen LogP contribution in [0.25, 0.3) is 15.9 Å². The minimum absolute atomic E-state index is 0.0975. The highest BCUT2D eigenvalue weighted by molar-refractivity contribution is 7.19. The number of thiophene rings is 1. The second kappa shape index (κ2) is 9.44. The van der Waals surface area contributed by atoms with E-state index in [2.05, 4.69) is 15.3 Å². The van der Waals surface area contributed by atoms with Crippen LogP contribution in [-0.2, 0) is 30.7 Å². The third-order valence-corrected chi connectivity index (χ3v) is 7.84. The number of aromatic nitrogens is 5. The molecule has 2 aliphatic rings. The Balaban J connectivity index is 1.22. The van der Waals surface area contributed by atoms with E-state index in [0.29, 0.717) is 18.7 Å². The molecule has 0 spiro atoms. The van der Waals surface area contributed by atoms with Crippen molar-refractivity contribution in [3.8, 4) is 0 Å². The van der Waals surface area contributed by atoms with Gasteiger partial charge < -0.3 is 10.1 Å². The summed E-state index contributed by atoms with van der Waals surface area (Å²) >= 11 is 1.84. The van der Waals surface area contributed by atoms with Crippen LogP contribution in [0, 0.1) is 0 Å². The first kappa shape index (κ1) is 21.7. The average Bonchev–Trinajstić information content (AvgIpc) is 3.40. The number of ether oxygens (including phenoxy) is 1. The fourth-order valence-electron chi connectivity index (χ4n) is 4.91. The zero-order valence-electron chi connectivity index (χ0n) is 19.2. The third-order valence-electron chi connectivity index (χ3n) is 6.66. The minimum Gasteiger partial charge on any atom is -0.379 e. The van der Waals surface area contributed by atoms with E-state index < -0.39 is 0 Å². The molecule has 1 saturated heterocycles. The number of nitrogens with zero attached hydrogens (tertiary/aromatic N) is 6. The van der Waals surface area contributed by atoms with Crippen LogP contribution in [-0.4, -0.2) is 61.9 Å². The highest BCUT2D eigenvalue weighted by Gasteiger charge is 2.22. The van der Waals surface area contributed by atoms with E-state index in [0.717, 1.165) is 68.6 Å². The lowest BCUT2D eigenvalue weighted by Gasteiger charge is -2.25. The summed E-state index contributed by atoms with van der Waals surface area (Å²) in [6.45, 7) is 5.38. The van der Waals surface area contributed by atoms with Gasteiger partial charge in [0.2, 0.25) is 0 Å². The molecule has 4 aromatic rings.